The third-order valence-electron chi connectivity index (χ3n) is 5.64. The van der Waals surface area contributed by atoms with Crippen LogP contribution in [0.4, 0.5) is 8.78 Å². The number of nitrogens with zero attached hydrogens (tertiary/aromatic N) is 1. The molecule has 1 fully saturated rings. The Bertz CT molecular complexity index is 1040. The number of hydrogen-bond donors (Lipinski definition) is 1. The minimum Gasteiger partial charge on any atom is -0.435 e. The average Bonchev–Trinajstić information content (AvgIpc) is 2.71. The van der Waals surface area contributed by atoms with Gasteiger partial charge < -0.3 is 10.1 Å². The fraction of sp³-hybridized carbons (Fsp3) is 0.435. The maximum Gasteiger partial charge on any atom is 0.387 e. The van der Waals surface area contributed by atoms with Gasteiger partial charge >= 0.3 is 6.61 Å². The molecule has 0 aromatic heterocycles. The standard InChI is InChI=1S/C23H28F2N2O4S/c1-15-12-16(2)21(17(3)13-15)32(29,30)27-10-8-19(9-11-27)22(28)26-14-18-4-6-20(7-5-18)31-23(24)25/h4-7,12-13,19,23H,8-11,14H2,1-3H3,(H,26,28). The van der Waals surface area contributed by atoms with Crippen molar-refractivity contribution in [2.75, 3.05) is 13.1 Å². The molecule has 174 valence electrons. The maximum atomic E-state index is 13.2. The molecule has 1 aliphatic heterocycles. The molecule has 3 rings (SSSR count). The predicted molar refractivity (Wildman–Crippen MR) is 117 cm³/mol. The smallest absolute Gasteiger partial charge is 0.387 e. The van der Waals surface area contributed by atoms with Crippen LogP contribution >= 0.6 is 0 Å². The first kappa shape index (κ1) is 24.1. The molecule has 2 aromatic rings. The number of carbonyl (C=O) groups is 1. The van der Waals surface area contributed by atoms with Gasteiger partial charge in [-0.15, -0.1) is 0 Å². The van der Waals surface area contributed by atoms with Gasteiger partial charge in [-0.05, 0) is 62.4 Å². The lowest BCUT2D eigenvalue weighted by Gasteiger charge is -2.31. The molecule has 0 atom stereocenters. The van der Waals surface area contributed by atoms with E-state index in [4.69, 9.17) is 0 Å². The molecule has 0 aliphatic carbocycles. The van der Waals surface area contributed by atoms with Crippen LogP contribution in [0.1, 0.15) is 35.1 Å². The second kappa shape index (κ2) is 9.95. The van der Waals surface area contributed by atoms with Crippen LogP contribution in [0.5, 0.6) is 5.75 Å². The molecular weight excluding hydrogens is 438 g/mol. The summed E-state index contributed by atoms with van der Waals surface area (Å²) < 4.78 is 56.6. The highest BCUT2D eigenvalue weighted by Gasteiger charge is 2.33. The predicted octanol–water partition coefficient (Wildman–Crippen LogP) is 3.93. The zero-order valence-electron chi connectivity index (χ0n) is 18.4. The first-order valence-corrected chi connectivity index (χ1v) is 11.9. The summed E-state index contributed by atoms with van der Waals surface area (Å²) in [6.45, 7) is 3.49. The number of hydrogen-bond acceptors (Lipinski definition) is 4. The van der Waals surface area contributed by atoms with E-state index >= 15 is 0 Å². The van der Waals surface area contributed by atoms with Crippen LogP contribution in [-0.2, 0) is 21.4 Å². The fourth-order valence-electron chi connectivity index (χ4n) is 4.18. The minimum atomic E-state index is -3.62. The third kappa shape index (κ3) is 5.63. The Kier molecular flexibility index (Phi) is 7.51. The number of carbonyl (C=O) groups excluding carboxylic acids is 1. The van der Waals surface area contributed by atoms with Crippen molar-refractivity contribution in [2.45, 2.75) is 51.7 Å². The van der Waals surface area contributed by atoms with E-state index in [0.717, 1.165) is 22.3 Å². The molecule has 1 saturated heterocycles. The van der Waals surface area contributed by atoms with E-state index in [1.54, 1.807) is 26.0 Å². The highest BCUT2D eigenvalue weighted by Crippen LogP contribution is 2.29. The molecule has 1 aliphatic rings. The molecule has 1 amide bonds. The summed E-state index contributed by atoms with van der Waals surface area (Å²) in [6, 6.07) is 9.80. The SMILES string of the molecule is Cc1cc(C)c(S(=O)(=O)N2CCC(C(=O)NCc3ccc(OC(F)F)cc3)CC2)c(C)c1. The van der Waals surface area contributed by atoms with Gasteiger partial charge in [-0.2, -0.15) is 13.1 Å². The van der Waals surface area contributed by atoms with Crippen LogP contribution < -0.4 is 10.1 Å². The second-order valence-electron chi connectivity index (χ2n) is 8.15. The van der Waals surface area contributed by atoms with E-state index in [9.17, 15) is 22.0 Å². The number of amides is 1. The minimum absolute atomic E-state index is 0.0581. The van der Waals surface area contributed by atoms with Gasteiger partial charge in [-0.25, -0.2) is 8.42 Å². The Morgan fingerprint density at radius 1 is 1.09 bits per heavy atom. The molecule has 32 heavy (non-hydrogen) atoms. The molecule has 1 heterocycles. The largest absolute Gasteiger partial charge is 0.435 e. The van der Waals surface area contributed by atoms with E-state index in [-0.39, 0.29) is 37.2 Å². The topological polar surface area (TPSA) is 75.7 Å². The van der Waals surface area contributed by atoms with Crippen LogP contribution in [0.2, 0.25) is 0 Å². The van der Waals surface area contributed by atoms with Crippen molar-refractivity contribution < 1.29 is 26.7 Å². The lowest BCUT2D eigenvalue weighted by molar-refractivity contribution is -0.126. The lowest BCUT2D eigenvalue weighted by atomic mass is 9.97. The Morgan fingerprint density at radius 2 is 1.66 bits per heavy atom. The molecule has 0 bridgehead atoms. The van der Waals surface area contributed by atoms with Crippen LogP contribution in [-0.4, -0.2) is 38.3 Å². The quantitative estimate of drug-likeness (QED) is 0.671. The van der Waals surface area contributed by atoms with Gasteiger partial charge in [0.2, 0.25) is 15.9 Å². The second-order valence-corrected chi connectivity index (χ2v) is 10.0. The van der Waals surface area contributed by atoms with E-state index in [0.29, 0.717) is 17.7 Å². The number of nitrogens with one attached hydrogen (secondary N) is 1. The number of aryl methyl sites for hydroxylation is 3. The highest BCUT2D eigenvalue weighted by molar-refractivity contribution is 7.89. The van der Waals surface area contributed by atoms with Crippen LogP contribution in [0.15, 0.2) is 41.3 Å². The van der Waals surface area contributed by atoms with Crippen LogP contribution in [0.3, 0.4) is 0 Å². The summed E-state index contributed by atoms with van der Waals surface area (Å²) in [7, 11) is -3.62. The number of alkyl halides is 2. The summed E-state index contributed by atoms with van der Waals surface area (Å²) in [5.74, 6) is -0.358. The van der Waals surface area contributed by atoms with E-state index in [2.05, 4.69) is 10.1 Å². The van der Waals surface area contributed by atoms with Gasteiger partial charge in [0, 0.05) is 25.6 Å². The van der Waals surface area contributed by atoms with Crippen molar-refractivity contribution in [3.05, 3.63) is 58.7 Å². The number of piperidine rings is 1. The van der Waals surface area contributed by atoms with Crippen molar-refractivity contribution >= 4 is 15.9 Å². The number of ether oxygens (including phenoxy) is 1. The molecule has 0 unspecified atom stereocenters. The number of benzene rings is 2. The molecule has 2 aromatic carbocycles. The zero-order valence-corrected chi connectivity index (χ0v) is 19.2. The number of halogens is 2. The van der Waals surface area contributed by atoms with Crippen molar-refractivity contribution in [3.63, 3.8) is 0 Å². The normalized spacial score (nSPS) is 15.7. The molecule has 0 radical (unpaired) electrons. The van der Waals surface area contributed by atoms with Crippen molar-refractivity contribution in [3.8, 4) is 5.75 Å². The molecule has 6 nitrogen and oxygen atoms in total. The first-order valence-electron chi connectivity index (χ1n) is 10.5. The van der Waals surface area contributed by atoms with Crippen molar-refractivity contribution in [1.29, 1.82) is 0 Å². The Labute approximate surface area is 187 Å². The molecule has 9 heteroatoms. The molecule has 1 N–H and O–H groups in total. The van der Waals surface area contributed by atoms with Gasteiger partial charge in [-0.1, -0.05) is 29.8 Å². The van der Waals surface area contributed by atoms with Gasteiger partial charge in [0.15, 0.2) is 0 Å². The molecule has 0 spiro atoms. The van der Waals surface area contributed by atoms with Gasteiger partial charge in [0.1, 0.15) is 5.75 Å². The summed E-state index contributed by atoms with van der Waals surface area (Å²) >= 11 is 0. The Morgan fingerprint density at radius 3 is 2.19 bits per heavy atom. The van der Waals surface area contributed by atoms with Crippen molar-refractivity contribution in [1.82, 2.24) is 9.62 Å². The summed E-state index contributed by atoms with van der Waals surface area (Å²) in [4.78, 5) is 12.9. The first-order chi connectivity index (χ1) is 15.1. The summed E-state index contributed by atoms with van der Waals surface area (Å²) in [5, 5.41) is 2.84. The van der Waals surface area contributed by atoms with Gasteiger partial charge in [0.25, 0.3) is 0 Å². The van der Waals surface area contributed by atoms with Gasteiger partial charge in [0.05, 0.1) is 4.90 Å². The Balaban J connectivity index is 1.55. The highest BCUT2D eigenvalue weighted by atomic mass is 32.2. The number of sulfonamides is 1. The van der Waals surface area contributed by atoms with Crippen molar-refractivity contribution in [2.24, 2.45) is 5.92 Å². The lowest BCUT2D eigenvalue weighted by Crippen LogP contribution is -2.43. The van der Waals surface area contributed by atoms with E-state index in [1.165, 1.54) is 16.4 Å². The monoisotopic (exact) mass is 466 g/mol. The summed E-state index contributed by atoms with van der Waals surface area (Å²) in [5.41, 5.74) is 3.23. The average molecular weight is 467 g/mol. The summed E-state index contributed by atoms with van der Waals surface area (Å²) in [6.07, 6.45) is 0.881. The molecule has 0 saturated carbocycles. The fourth-order valence-corrected chi connectivity index (χ4v) is 6.06. The zero-order chi connectivity index (χ0) is 23.5. The third-order valence-corrected chi connectivity index (χ3v) is 7.85. The number of rotatable bonds is 7. The Hall–Kier alpha value is -2.52. The van der Waals surface area contributed by atoms with E-state index < -0.39 is 16.6 Å². The van der Waals surface area contributed by atoms with Gasteiger partial charge in [-0.3, -0.25) is 4.79 Å². The van der Waals surface area contributed by atoms with Crippen LogP contribution in [0, 0.1) is 26.7 Å². The van der Waals surface area contributed by atoms with Crippen LogP contribution in [0.25, 0.3) is 0 Å². The maximum absolute atomic E-state index is 13.2. The molecular formula is C23H28F2N2O4S. The van der Waals surface area contributed by atoms with E-state index in [1.807, 2.05) is 19.1 Å².